The fourth-order valence-electron chi connectivity index (χ4n) is 5.13. The van der Waals surface area contributed by atoms with Gasteiger partial charge in [-0.25, -0.2) is 0 Å². The van der Waals surface area contributed by atoms with E-state index in [0.29, 0.717) is 11.1 Å². The van der Waals surface area contributed by atoms with E-state index in [2.05, 4.69) is 36.9 Å². The van der Waals surface area contributed by atoms with Crippen molar-refractivity contribution >= 4 is 47.3 Å². The largest absolute Gasteiger partial charge is 0.508 e. The Balaban J connectivity index is 2.23. The molecule has 7 amide bonds. The number of carboxylic acid groups (broad SMARTS) is 1. The van der Waals surface area contributed by atoms with Gasteiger partial charge in [-0.2, -0.15) is 0 Å². The number of aromatic hydroxyl groups is 1. The number of pyridine rings is 1. The van der Waals surface area contributed by atoms with E-state index in [1.54, 1.807) is 52.0 Å². The second kappa shape index (κ2) is 21.6. The van der Waals surface area contributed by atoms with Crippen LogP contribution in [-0.2, 0) is 51.2 Å². The SMILES string of the molecule is CC(C)[C@H](NC(=O)[C@H](CC(=O)O)NC(=O)[C@H](Cc1cccnc1)NC(=O)[C@@H](C)NC(=O)[C@@H](N)Cc1ccc(O)cc1)C(=O)N[C@H](C(=O)NCC(N)=O)C(C)C. The van der Waals surface area contributed by atoms with Gasteiger partial charge in [0, 0.05) is 18.8 Å². The number of primary amides is 1. The third-order valence-electron chi connectivity index (χ3n) is 8.22. The van der Waals surface area contributed by atoms with Crippen molar-refractivity contribution in [2.45, 2.75) is 90.1 Å². The zero-order chi connectivity index (χ0) is 41.4. The Morgan fingerprint density at radius 1 is 0.673 bits per heavy atom. The fraction of sp³-hybridized carbons (Fsp3) is 0.472. The van der Waals surface area contributed by atoms with Gasteiger partial charge in [0.1, 0.15) is 36.0 Å². The van der Waals surface area contributed by atoms with Crippen molar-refractivity contribution in [3.63, 3.8) is 0 Å². The second-order valence-corrected chi connectivity index (χ2v) is 13.6. The number of hydrogen-bond donors (Lipinski definition) is 10. The van der Waals surface area contributed by atoms with Crippen molar-refractivity contribution < 1.29 is 48.6 Å². The van der Waals surface area contributed by atoms with Crippen molar-refractivity contribution in [3.05, 3.63) is 59.9 Å². The quantitative estimate of drug-likeness (QED) is 0.0643. The predicted molar refractivity (Wildman–Crippen MR) is 197 cm³/mol. The monoisotopic (exact) mass is 769 g/mol. The van der Waals surface area contributed by atoms with Gasteiger partial charge in [0.15, 0.2) is 0 Å². The molecule has 1 aromatic carbocycles. The van der Waals surface area contributed by atoms with Crippen molar-refractivity contribution in [2.75, 3.05) is 6.54 Å². The Kier molecular flexibility index (Phi) is 17.7. The van der Waals surface area contributed by atoms with Crippen LogP contribution in [0.5, 0.6) is 5.75 Å². The molecule has 1 heterocycles. The Morgan fingerprint density at radius 2 is 1.24 bits per heavy atom. The standard InChI is InChI=1S/C36H51N9O10/c1-18(2)29(35(54)40-17-27(38)47)45-36(55)30(19(3)4)44-34(53)26(15-28(48)49)43-33(52)25(14-22-7-6-12-39-16-22)42-31(50)20(5)41-32(51)24(37)13-21-8-10-23(46)11-9-21/h6-12,16,18-20,24-26,29-30,46H,13-15,17,37H2,1-5H3,(H2,38,47)(H,40,54)(H,41,51)(H,42,50)(H,43,52)(H,44,53)(H,45,55)(H,48,49)/t20-,24+,25+,26+,29+,30+/m1/s1. The third-order valence-corrected chi connectivity index (χ3v) is 8.22. The number of hydrogen-bond acceptors (Lipinski definition) is 11. The number of benzene rings is 1. The van der Waals surface area contributed by atoms with E-state index in [1.165, 1.54) is 31.5 Å². The summed E-state index contributed by atoms with van der Waals surface area (Å²) in [4.78, 5) is 106. The smallest absolute Gasteiger partial charge is 0.305 e. The maximum atomic E-state index is 13.7. The third kappa shape index (κ3) is 15.4. The van der Waals surface area contributed by atoms with E-state index in [1.807, 2.05) is 0 Å². The van der Waals surface area contributed by atoms with Gasteiger partial charge in [-0.3, -0.25) is 43.3 Å². The molecule has 0 aliphatic heterocycles. The first-order chi connectivity index (χ1) is 25.8. The molecule has 6 atom stereocenters. The highest BCUT2D eigenvalue weighted by molar-refractivity contribution is 5.98. The highest BCUT2D eigenvalue weighted by Gasteiger charge is 2.35. The number of amides is 7. The zero-order valence-corrected chi connectivity index (χ0v) is 31.3. The lowest BCUT2D eigenvalue weighted by Gasteiger charge is -2.29. The lowest BCUT2D eigenvalue weighted by atomic mass is 9.99. The van der Waals surface area contributed by atoms with Crippen LogP contribution < -0.4 is 43.4 Å². The van der Waals surface area contributed by atoms with E-state index >= 15 is 0 Å². The Bertz CT molecular complexity index is 1670. The minimum Gasteiger partial charge on any atom is -0.508 e. The molecule has 300 valence electrons. The molecular weight excluding hydrogens is 718 g/mol. The predicted octanol–water partition coefficient (Wildman–Crippen LogP) is -2.27. The van der Waals surface area contributed by atoms with Crippen LogP contribution in [0.3, 0.4) is 0 Å². The van der Waals surface area contributed by atoms with Gasteiger partial charge >= 0.3 is 5.97 Å². The molecule has 0 saturated carbocycles. The van der Waals surface area contributed by atoms with Gasteiger partial charge < -0.3 is 53.6 Å². The summed E-state index contributed by atoms with van der Waals surface area (Å²) in [5.41, 5.74) is 12.3. The summed E-state index contributed by atoms with van der Waals surface area (Å²) in [6, 6.07) is 1.46. The molecule has 19 nitrogen and oxygen atoms in total. The molecule has 0 unspecified atom stereocenters. The average molecular weight is 770 g/mol. The first-order valence-corrected chi connectivity index (χ1v) is 17.5. The van der Waals surface area contributed by atoms with Crippen LogP contribution >= 0.6 is 0 Å². The first kappa shape index (κ1) is 45.0. The number of rotatable bonds is 21. The summed E-state index contributed by atoms with van der Waals surface area (Å²) >= 11 is 0. The van der Waals surface area contributed by atoms with Crippen molar-refractivity contribution in [3.8, 4) is 5.75 Å². The average Bonchev–Trinajstić information content (AvgIpc) is 3.11. The van der Waals surface area contributed by atoms with Gasteiger partial charge in [-0.15, -0.1) is 0 Å². The summed E-state index contributed by atoms with van der Waals surface area (Å²) in [6.45, 7) is 7.35. The lowest BCUT2D eigenvalue weighted by Crippen LogP contribution is -2.61. The van der Waals surface area contributed by atoms with Crippen LogP contribution in [-0.4, -0.2) is 105 Å². The van der Waals surface area contributed by atoms with Crippen LogP contribution in [0.25, 0.3) is 0 Å². The van der Waals surface area contributed by atoms with E-state index in [4.69, 9.17) is 11.5 Å². The number of aliphatic carboxylic acids is 1. The number of phenolic OH excluding ortho intramolecular Hbond substituents is 1. The van der Waals surface area contributed by atoms with Crippen molar-refractivity contribution in [1.82, 2.24) is 36.9 Å². The molecule has 19 heteroatoms. The highest BCUT2D eigenvalue weighted by Crippen LogP contribution is 2.12. The van der Waals surface area contributed by atoms with E-state index in [0.717, 1.165) is 0 Å². The fourth-order valence-corrected chi connectivity index (χ4v) is 5.13. The number of phenols is 1. The second-order valence-electron chi connectivity index (χ2n) is 13.6. The maximum absolute atomic E-state index is 13.7. The molecule has 12 N–H and O–H groups in total. The number of nitrogens with two attached hydrogens (primary N) is 2. The number of nitrogens with one attached hydrogen (secondary N) is 6. The molecule has 0 bridgehead atoms. The summed E-state index contributed by atoms with van der Waals surface area (Å²) in [7, 11) is 0. The van der Waals surface area contributed by atoms with Gasteiger partial charge in [-0.1, -0.05) is 45.9 Å². The van der Waals surface area contributed by atoms with Crippen LogP contribution in [0.2, 0.25) is 0 Å². The number of carbonyl (C=O) groups excluding carboxylic acids is 7. The first-order valence-electron chi connectivity index (χ1n) is 17.5. The van der Waals surface area contributed by atoms with E-state index in [-0.39, 0.29) is 18.6 Å². The minimum absolute atomic E-state index is 0.0389. The Morgan fingerprint density at radius 3 is 1.78 bits per heavy atom. The normalized spacial score (nSPS) is 14.3. The van der Waals surface area contributed by atoms with Crippen LogP contribution in [0.4, 0.5) is 0 Å². The number of nitrogens with zero attached hydrogens (tertiary/aromatic N) is 1. The molecular formula is C36H51N9O10. The molecule has 0 spiro atoms. The molecule has 1 aromatic heterocycles. The van der Waals surface area contributed by atoms with Crippen molar-refractivity contribution in [1.29, 1.82) is 0 Å². The summed E-state index contributed by atoms with van der Waals surface area (Å²) in [5, 5.41) is 33.8. The molecule has 0 fully saturated rings. The van der Waals surface area contributed by atoms with Gasteiger partial charge in [0.05, 0.1) is 19.0 Å². The maximum Gasteiger partial charge on any atom is 0.305 e. The minimum atomic E-state index is -1.73. The summed E-state index contributed by atoms with van der Waals surface area (Å²) in [6.07, 6.45) is 1.96. The lowest BCUT2D eigenvalue weighted by molar-refractivity contribution is -0.141. The Labute approximate surface area is 318 Å². The molecule has 0 aliphatic carbocycles. The van der Waals surface area contributed by atoms with E-state index in [9.17, 15) is 48.6 Å². The van der Waals surface area contributed by atoms with Gasteiger partial charge in [-0.05, 0) is 54.5 Å². The van der Waals surface area contributed by atoms with Gasteiger partial charge in [0.25, 0.3) is 0 Å². The molecule has 0 radical (unpaired) electrons. The Hall–Kier alpha value is -6.11. The highest BCUT2D eigenvalue weighted by atomic mass is 16.4. The molecule has 0 aliphatic rings. The summed E-state index contributed by atoms with van der Waals surface area (Å²) in [5.74, 6) is -8.23. The van der Waals surface area contributed by atoms with Crippen LogP contribution in [0, 0.1) is 11.8 Å². The molecule has 2 aromatic rings. The van der Waals surface area contributed by atoms with Gasteiger partial charge in [0.2, 0.25) is 41.4 Å². The molecule has 55 heavy (non-hydrogen) atoms. The number of carbonyl (C=O) groups is 8. The van der Waals surface area contributed by atoms with E-state index < -0.39 is 108 Å². The molecule has 0 saturated heterocycles. The summed E-state index contributed by atoms with van der Waals surface area (Å²) < 4.78 is 0. The van der Waals surface area contributed by atoms with Crippen LogP contribution in [0.1, 0.15) is 52.2 Å². The van der Waals surface area contributed by atoms with Crippen molar-refractivity contribution in [2.24, 2.45) is 23.3 Å². The number of carboxylic acids is 1. The zero-order valence-electron chi connectivity index (χ0n) is 31.3. The molecule has 2 rings (SSSR count). The van der Waals surface area contributed by atoms with Crippen LogP contribution in [0.15, 0.2) is 48.8 Å². The number of aromatic nitrogens is 1. The topological polar surface area (TPSA) is 314 Å².